The van der Waals surface area contributed by atoms with Crippen molar-refractivity contribution in [3.8, 4) is 0 Å². The molecule has 0 aromatic carbocycles. The van der Waals surface area contributed by atoms with Crippen LogP contribution < -0.4 is 0 Å². The molecule has 0 aromatic heterocycles. The van der Waals surface area contributed by atoms with Crippen molar-refractivity contribution in [2.24, 2.45) is 5.92 Å². The number of carboxylic acids is 4. The van der Waals surface area contributed by atoms with Crippen molar-refractivity contribution in [2.75, 3.05) is 0 Å². The fourth-order valence-electron chi connectivity index (χ4n) is 1.01. The molecule has 0 amide bonds. The van der Waals surface area contributed by atoms with Crippen LogP contribution in [-0.4, -0.2) is 66.2 Å². The first-order chi connectivity index (χ1) is 9.34. The van der Waals surface area contributed by atoms with Crippen LogP contribution in [-0.2, 0) is 19.2 Å². The highest BCUT2D eigenvalue weighted by molar-refractivity contribution is 5.83. The molecule has 0 radical (unpaired) electrons. The van der Waals surface area contributed by atoms with Crippen molar-refractivity contribution in [1.29, 1.82) is 0 Å². The van der Waals surface area contributed by atoms with Crippen LogP contribution in [0.4, 0.5) is 0 Å². The van der Waals surface area contributed by atoms with E-state index in [0.717, 1.165) is 0 Å². The number of aliphatic hydroxyl groups excluding tert-OH is 1. The van der Waals surface area contributed by atoms with Crippen molar-refractivity contribution >= 4 is 23.9 Å². The highest BCUT2D eigenvalue weighted by Gasteiger charge is 2.41. The quantitative estimate of drug-likeness (QED) is 0.334. The van der Waals surface area contributed by atoms with Crippen molar-refractivity contribution in [3.63, 3.8) is 0 Å². The first-order valence-corrected chi connectivity index (χ1v) is 5.64. The van der Waals surface area contributed by atoms with Gasteiger partial charge in [-0.05, 0) is 5.92 Å². The van der Waals surface area contributed by atoms with Gasteiger partial charge in [-0.15, -0.1) is 0 Å². The van der Waals surface area contributed by atoms with E-state index in [0.29, 0.717) is 0 Å². The Morgan fingerprint density at radius 1 is 0.952 bits per heavy atom. The van der Waals surface area contributed by atoms with E-state index in [-0.39, 0.29) is 0 Å². The van der Waals surface area contributed by atoms with Gasteiger partial charge < -0.3 is 30.6 Å². The molecule has 0 aliphatic heterocycles. The summed E-state index contributed by atoms with van der Waals surface area (Å²) in [5, 5.41) is 50.4. The van der Waals surface area contributed by atoms with Gasteiger partial charge in [0.15, 0.2) is 11.7 Å². The minimum atomic E-state index is -2.16. The van der Waals surface area contributed by atoms with Crippen LogP contribution in [0.15, 0.2) is 0 Å². The Balaban J connectivity index is 0. The second kappa shape index (κ2) is 8.87. The highest BCUT2D eigenvalue weighted by atomic mass is 16.4. The van der Waals surface area contributed by atoms with E-state index in [1.807, 2.05) is 0 Å². The van der Waals surface area contributed by atoms with E-state index in [1.165, 1.54) is 13.8 Å². The second-order valence-electron chi connectivity index (χ2n) is 4.41. The molecule has 0 bridgehead atoms. The molecule has 0 spiro atoms. The van der Waals surface area contributed by atoms with E-state index >= 15 is 0 Å². The summed E-state index contributed by atoms with van der Waals surface area (Å²) in [4.78, 5) is 40.1. The highest BCUT2D eigenvalue weighted by Crippen LogP contribution is 2.21. The Kier molecular flexibility index (Phi) is 8.91. The van der Waals surface area contributed by atoms with Gasteiger partial charge in [-0.3, -0.25) is 9.59 Å². The van der Waals surface area contributed by atoms with Gasteiger partial charge >= 0.3 is 23.9 Å². The van der Waals surface area contributed by atoms with Crippen molar-refractivity contribution in [2.45, 2.75) is 38.4 Å². The van der Waals surface area contributed by atoms with Gasteiger partial charge in [0.2, 0.25) is 0 Å². The van der Waals surface area contributed by atoms with Gasteiger partial charge in [0, 0.05) is 0 Å². The summed E-state index contributed by atoms with van der Waals surface area (Å²) in [6, 6.07) is 0. The number of rotatable bonds is 7. The fourth-order valence-corrected chi connectivity index (χ4v) is 1.01. The average Bonchev–Trinajstić information content (AvgIpc) is 2.27. The Bertz CT molecular complexity index is 402. The molecular formula is C11H18O10. The molecule has 0 saturated carbocycles. The zero-order valence-corrected chi connectivity index (χ0v) is 11.4. The Labute approximate surface area is 119 Å². The van der Waals surface area contributed by atoms with E-state index in [1.54, 1.807) is 0 Å². The van der Waals surface area contributed by atoms with E-state index < -0.39 is 54.3 Å². The van der Waals surface area contributed by atoms with Gasteiger partial charge in [0.25, 0.3) is 0 Å². The van der Waals surface area contributed by atoms with Crippen LogP contribution in [0.5, 0.6) is 0 Å². The van der Waals surface area contributed by atoms with Gasteiger partial charge in [-0.2, -0.15) is 0 Å². The van der Waals surface area contributed by atoms with Crippen LogP contribution in [0.3, 0.4) is 0 Å². The van der Waals surface area contributed by atoms with Gasteiger partial charge in [-0.25, -0.2) is 9.59 Å². The largest absolute Gasteiger partial charge is 0.481 e. The van der Waals surface area contributed by atoms with E-state index in [9.17, 15) is 24.3 Å². The molecule has 2 unspecified atom stereocenters. The number of hydrogen-bond acceptors (Lipinski definition) is 6. The third-order valence-corrected chi connectivity index (χ3v) is 2.40. The van der Waals surface area contributed by atoms with Crippen LogP contribution >= 0.6 is 0 Å². The third-order valence-electron chi connectivity index (χ3n) is 2.40. The maximum Gasteiger partial charge on any atom is 0.336 e. The summed E-state index contributed by atoms with van der Waals surface area (Å²) in [6.07, 6.45) is -3.32. The number of aliphatic hydroxyl groups is 2. The molecule has 0 aliphatic rings. The topological polar surface area (TPSA) is 190 Å². The van der Waals surface area contributed by atoms with Crippen LogP contribution in [0.1, 0.15) is 26.7 Å². The summed E-state index contributed by atoms with van der Waals surface area (Å²) < 4.78 is 0. The Hall–Kier alpha value is -2.20. The second-order valence-corrected chi connectivity index (χ2v) is 4.41. The van der Waals surface area contributed by atoms with Crippen molar-refractivity contribution in [1.82, 2.24) is 0 Å². The Morgan fingerprint density at radius 3 is 1.48 bits per heavy atom. The van der Waals surface area contributed by atoms with E-state index in [2.05, 4.69) is 0 Å². The van der Waals surface area contributed by atoms with Crippen molar-refractivity contribution in [3.05, 3.63) is 0 Å². The molecule has 0 fully saturated rings. The summed E-state index contributed by atoms with van der Waals surface area (Å²) in [6.45, 7) is 2.91. The summed E-state index contributed by atoms with van der Waals surface area (Å²) in [7, 11) is 0. The first-order valence-electron chi connectivity index (χ1n) is 5.64. The lowest BCUT2D eigenvalue weighted by atomic mass is 9.87. The van der Waals surface area contributed by atoms with Crippen molar-refractivity contribution < 1.29 is 49.8 Å². The van der Waals surface area contributed by atoms with Gasteiger partial charge in [0.1, 0.15) is 0 Å². The molecule has 0 aliphatic carbocycles. The monoisotopic (exact) mass is 310 g/mol. The molecule has 6 N–H and O–H groups in total. The Morgan fingerprint density at radius 2 is 1.38 bits per heavy atom. The standard InChI is InChI=1S/C7H12O5.C4H6O5/c1-4(2)7(12,6(10)11)3-5(8)9;5-2(4(8)9)1-3(6)7/h4,12H,3H2,1-2H3,(H,8,9)(H,10,11);2,5H,1H2,(H,6,7)(H,8,9). The summed E-state index contributed by atoms with van der Waals surface area (Å²) >= 11 is 0. The molecule has 2 atom stereocenters. The smallest absolute Gasteiger partial charge is 0.336 e. The molecule has 10 nitrogen and oxygen atoms in total. The van der Waals surface area contributed by atoms with Crippen LogP contribution in [0.25, 0.3) is 0 Å². The van der Waals surface area contributed by atoms with Gasteiger partial charge in [-0.1, -0.05) is 13.8 Å². The lowest BCUT2D eigenvalue weighted by molar-refractivity contribution is -0.170. The molecule has 0 saturated heterocycles. The SMILES string of the molecule is CC(C)C(O)(CC(=O)O)C(=O)O.O=C(O)CC(O)C(=O)O. The average molecular weight is 310 g/mol. The molecule has 10 heteroatoms. The maximum atomic E-state index is 10.5. The molecule has 0 aromatic rings. The maximum absolute atomic E-state index is 10.5. The minimum Gasteiger partial charge on any atom is -0.481 e. The summed E-state index contributed by atoms with van der Waals surface area (Å²) in [5.41, 5.74) is -2.16. The number of carbonyl (C=O) groups is 4. The molecule has 0 rings (SSSR count). The number of hydrogen-bond donors (Lipinski definition) is 6. The predicted molar refractivity (Wildman–Crippen MR) is 65.6 cm³/mol. The zero-order valence-electron chi connectivity index (χ0n) is 11.4. The molecule has 122 valence electrons. The van der Waals surface area contributed by atoms with Crippen LogP contribution in [0, 0.1) is 5.92 Å². The zero-order chi connectivity index (χ0) is 17.4. The van der Waals surface area contributed by atoms with Gasteiger partial charge in [0.05, 0.1) is 12.8 Å². The lowest BCUT2D eigenvalue weighted by Crippen LogP contribution is -2.45. The lowest BCUT2D eigenvalue weighted by Gasteiger charge is -2.25. The number of aliphatic carboxylic acids is 4. The third kappa shape index (κ3) is 8.55. The molecular weight excluding hydrogens is 292 g/mol. The predicted octanol–water partition coefficient (Wildman–Crippen LogP) is -1.16. The van der Waals surface area contributed by atoms with Crippen LogP contribution in [0.2, 0.25) is 0 Å². The molecule has 0 heterocycles. The first kappa shape index (κ1) is 21.1. The minimum absolute atomic E-state index is 0.633. The normalized spacial score (nSPS) is 14.3. The molecule has 21 heavy (non-hydrogen) atoms. The number of carboxylic acid groups (broad SMARTS) is 4. The van der Waals surface area contributed by atoms with E-state index in [4.69, 9.17) is 25.5 Å². The fraction of sp³-hybridized carbons (Fsp3) is 0.636. The summed E-state index contributed by atoms with van der Waals surface area (Å²) in [5.74, 6) is -6.30.